The number of benzene rings is 2. The number of carbonyl (C=O) groups excluding carboxylic acids is 1. The molecule has 0 bridgehead atoms. The van der Waals surface area contributed by atoms with E-state index in [0.29, 0.717) is 30.5 Å². The second-order valence-electron chi connectivity index (χ2n) is 9.53. The van der Waals surface area contributed by atoms with Crippen LogP contribution in [0.25, 0.3) is 5.69 Å². The molecule has 1 aliphatic heterocycles. The lowest BCUT2D eigenvalue weighted by atomic mass is 10.1. The predicted octanol–water partition coefficient (Wildman–Crippen LogP) is 4.64. The van der Waals surface area contributed by atoms with E-state index in [-0.39, 0.29) is 5.91 Å². The summed E-state index contributed by atoms with van der Waals surface area (Å²) in [5.74, 6) is -0.956. The fraction of sp³-hybridized carbons (Fsp3) is 0.407. The molecular formula is C27H32F2N4O. The lowest BCUT2D eigenvalue weighted by molar-refractivity contribution is 0.0942. The number of rotatable bonds is 9. The monoisotopic (exact) mass is 466 g/mol. The lowest BCUT2D eigenvalue weighted by Crippen LogP contribution is -2.31. The summed E-state index contributed by atoms with van der Waals surface area (Å²) in [5, 5.41) is 7.67. The first-order chi connectivity index (χ1) is 16.4. The maximum absolute atomic E-state index is 13.4. The number of carbonyl (C=O) groups is 1. The summed E-state index contributed by atoms with van der Waals surface area (Å²) in [7, 11) is 0. The third kappa shape index (κ3) is 6.08. The fourth-order valence-electron chi connectivity index (χ4n) is 4.48. The Kier molecular flexibility index (Phi) is 7.73. The standard InChI is InChI=1S/C27H32F2N4O/c1-19(2)14-23-16-26(31-33(23)22-6-4-3-5-7-22)27(34)30-17-21-11-13-32(18-21)12-10-20-8-9-24(28)25(29)15-20/h3-9,15-16,19,21H,10-14,17-18H2,1-2H3,(H,30,34)/t21-/m1/s1. The van der Waals surface area contributed by atoms with Crippen LogP contribution in [0.5, 0.6) is 0 Å². The topological polar surface area (TPSA) is 50.2 Å². The van der Waals surface area contributed by atoms with Crippen molar-refractivity contribution in [1.82, 2.24) is 20.0 Å². The maximum atomic E-state index is 13.4. The van der Waals surface area contributed by atoms with Crippen LogP contribution in [0.1, 0.15) is 42.0 Å². The summed E-state index contributed by atoms with van der Waals surface area (Å²) in [4.78, 5) is 15.2. The Morgan fingerprint density at radius 1 is 1.12 bits per heavy atom. The maximum Gasteiger partial charge on any atom is 0.271 e. The summed E-state index contributed by atoms with van der Waals surface area (Å²) >= 11 is 0. The highest BCUT2D eigenvalue weighted by atomic mass is 19.2. The van der Waals surface area contributed by atoms with Crippen molar-refractivity contribution in [3.05, 3.63) is 83.2 Å². The third-order valence-corrected chi connectivity index (χ3v) is 6.26. The van der Waals surface area contributed by atoms with E-state index in [1.165, 1.54) is 12.1 Å². The third-order valence-electron chi connectivity index (χ3n) is 6.26. The largest absolute Gasteiger partial charge is 0.350 e. The number of amides is 1. The highest BCUT2D eigenvalue weighted by molar-refractivity contribution is 5.92. The van der Waals surface area contributed by atoms with E-state index >= 15 is 0 Å². The Balaban J connectivity index is 1.30. The van der Waals surface area contributed by atoms with Gasteiger partial charge >= 0.3 is 0 Å². The number of nitrogens with one attached hydrogen (secondary N) is 1. The molecule has 4 rings (SSSR count). The van der Waals surface area contributed by atoms with Crippen molar-refractivity contribution in [2.24, 2.45) is 11.8 Å². The fourth-order valence-corrected chi connectivity index (χ4v) is 4.48. The predicted molar refractivity (Wildman–Crippen MR) is 129 cm³/mol. The molecule has 1 saturated heterocycles. The van der Waals surface area contributed by atoms with Crippen molar-refractivity contribution in [3.8, 4) is 5.69 Å². The molecule has 2 aromatic carbocycles. The van der Waals surface area contributed by atoms with E-state index in [0.717, 1.165) is 49.4 Å². The quantitative estimate of drug-likeness (QED) is 0.500. The minimum absolute atomic E-state index is 0.153. The molecule has 1 aliphatic rings. The first-order valence-corrected chi connectivity index (χ1v) is 12.0. The van der Waals surface area contributed by atoms with Gasteiger partial charge in [0.25, 0.3) is 5.91 Å². The second kappa shape index (κ2) is 10.9. The molecule has 0 saturated carbocycles. The molecule has 0 spiro atoms. The van der Waals surface area contributed by atoms with Gasteiger partial charge in [-0.2, -0.15) is 5.10 Å². The Morgan fingerprint density at radius 2 is 1.91 bits per heavy atom. The Hall–Kier alpha value is -3.06. The molecule has 5 nitrogen and oxygen atoms in total. The highest BCUT2D eigenvalue weighted by Crippen LogP contribution is 2.19. The van der Waals surface area contributed by atoms with E-state index < -0.39 is 11.6 Å². The van der Waals surface area contributed by atoms with Crippen LogP contribution in [-0.2, 0) is 12.8 Å². The van der Waals surface area contributed by atoms with E-state index in [9.17, 15) is 13.6 Å². The molecule has 180 valence electrons. The van der Waals surface area contributed by atoms with Gasteiger partial charge in [0.1, 0.15) is 0 Å². The summed E-state index contributed by atoms with van der Waals surface area (Å²) < 4.78 is 28.4. The number of nitrogens with zero attached hydrogens (tertiary/aromatic N) is 3. The van der Waals surface area contributed by atoms with Gasteiger partial charge in [0.05, 0.1) is 5.69 Å². The van der Waals surface area contributed by atoms with Crippen molar-refractivity contribution in [1.29, 1.82) is 0 Å². The zero-order valence-corrected chi connectivity index (χ0v) is 19.8. The Bertz CT molecular complexity index is 1110. The van der Waals surface area contributed by atoms with E-state index in [1.54, 1.807) is 6.07 Å². The van der Waals surface area contributed by atoms with E-state index in [4.69, 9.17) is 0 Å². The molecule has 2 heterocycles. The smallest absolute Gasteiger partial charge is 0.271 e. The summed E-state index contributed by atoms with van der Waals surface area (Å²) in [6.45, 7) is 7.50. The van der Waals surface area contributed by atoms with Crippen molar-refractivity contribution in [2.45, 2.75) is 33.1 Å². The number of likely N-dealkylation sites (tertiary alicyclic amines) is 1. The number of hydrogen-bond donors (Lipinski definition) is 1. The van der Waals surface area contributed by atoms with Crippen LogP contribution in [0.2, 0.25) is 0 Å². The minimum atomic E-state index is -0.814. The SMILES string of the molecule is CC(C)Cc1cc(C(=O)NC[C@H]2CCN(CCc3ccc(F)c(F)c3)C2)nn1-c1ccccc1. The Labute approximate surface area is 199 Å². The molecule has 1 atom stereocenters. The molecule has 1 fully saturated rings. The van der Waals surface area contributed by atoms with E-state index in [1.807, 2.05) is 41.1 Å². The summed E-state index contributed by atoms with van der Waals surface area (Å²) in [5.41, 5.74) is 3.20. The first kappa shape index (κ1) is 24.1. The molecule has 1 aromatic heterocycles. The first-order valence-electron chi connectivity index (χ1n) is 12.0. The number of hydrogen-bond acceptors (Lipinski definition) is 3. The van der Waals surface area contributed by atoms with Crippen LogP contribution >= 0.6 is 0 Å². The van der Waals surface area contributed by atoms with E-state index in [2.05, 4.69) is 29.2 Å². The van der Waals surface area contributed by atoms with Crippen LogP contribution < -0.4 is 5.32 Å². The van der Waals surface area contributed by atoms with Crippen LogP contribution in [0.4, 0.5) is 8.78 Å². The van der Waals surface area contributed by atoms with Crippen LogP contribution in [0, 0.1) is 23.5 Å². The highest BCUT2D eigenvalue weighted by Gasteiger charge is 2.24. The lowest BCUT2D eigenvalue weighted by Gasteiger charge is -2.16. The van der Waals surface area contributed by atoms with Gasteiger partial charge in [-0.3, -0.25) is 4.79 Å². The van der Waals surface area contributed by atoms with Gasteiger partial charge in [0.2, 0.25) is 0 Å². The molecule has 34 heavy (non-hydrogen) atoms. The zero-order chi connectivity index (χ0) is 24.1. The summed E-state index contributed by atoms with van der Waals surface area (Å²) in [6, 6.07) is 15.9. The van der Waals surface area contributed by atoms with Gasteiger partial charge in [-0.1, -0.05) is 38.1 Å². The van der Waals surface area contributed by atoms with Crippen molar-refractivity contribution >= 4 is 5.91 Å². The minimum Gasteiger partial charge on any atom is -0.350 e. The van der Waals surface area contributed by atoms with Crippen LogP contribution in [-0.4, -0.2) is 46.8 Å². The average molecular weight is 467 g/mol. The van der Waals surface area contributed by atoms with Crippen LogP contribution in [0.3, 0.4) is 0 Å². The number of halogens is 2. The van der Waals surface area contributed by atoms with Gasteiger partial charge < -0.3 is 10.2 Å². The average Bonchev–Trinajstić information content (AvgIpc) is 3.45. The van der Waals surface area contributed by atoms with Crippen LogP contribution in [0.15, 0.2) is 54.6 Å². The number of para-hydroxylation sites is 1. The molecular weight excluding hydrogens is 434 g/mol. The van der Waals surface area contributed by atoms with Crippen molar-refractivity contribution in [3.63, 3.8) is 0 Å². The van der Waals surface area contributed by atoms with Gasteiger partial charge in [-0.15, -0.1) is 0 Å². The zero-order valence-electron chi connectivity index (χ0n) is 19.8. The molecule has 1 N–H and O–H groups in total. The molecule has 0 radical (unpaired) electrons. The molecule has 7 heteroatoms. The molecule has 3 aromatic rings. The van der Waals surface area contributed by atoms with Gasteiger partial charge in [0, 0.05) is 25.3 Å². The molecule has 1 amide bonds. The van der Waals surface area contributed by atoms with Crippen molar-refractivity contribution in [2.75, 3.05) is 26.2 Å². The Morgan fingerprint density at radius 3 is 2.65 bits per heavy atom. The van der Waals surface area contributed by atoms with Gasteiger partial charge in [0.15, 0.2) is 17.3 Å². The van der Waals surface area contributed by atoms with Gasteiger partial charge in [-0.25, -0.2) is 13.5 Å². The summed E-state index contributed by atoms with van der Waals surface area (Å²) in [6.07, 6.45) is 2.51. The molecule has 0 aliphatic carbocycles. The normalized spacial score (nSPS) is 16.3. The molecule has 0 unspecified atom stereocenters. The number of aromatic nitrogens is 2. The van der Waals surface area contributed by atoms with Crippen molar-refractivity contribution < 1.29 is 13.6 Å². The second-order valence-corrected chi connectivity index (χ2v) is 9.53. The van der Waals surface area contributed by atoms with Gasteiger partial charge in [-0.05, 0) is 73.5 Å².